The molecule has 1 N–H and O–H groups in total. The van der Waals surface area contributed by atoms with Crippen molar-refractivity contribution in [1.82, 2.24) is 4.90 Å². The zero-order valence-electron chi connectivity index (χ0n) is 10.1. The monoisotopic (exact) mass is 199 g/mol. The van der Waals surface area contributed by atoms with Crippen molar-refractivity contribution in [2.24, 2.45) is 5.41 Å². The smallest absolute Gasteiger partial charge is 0.0672 e. The highest BCUT2D eigenvalue weighted by Gasteiger charge is 2.31. The number of piperidine rings is 1. The first-order valence-corrected chi connectivity index (χ1v) is 5.72. The summed E-state index contributed by atoms with van der Waals surface area (Å²) in [5.74, 6) is 0. The second-order valence-electron chi connectivity index (χ2n) is 6.09. The standard InChI is InChI=1S/C12H25NO/c1-11(2,3)5-6-12(14)7-9-13(4)10-8-12/h14H,5-10H2,1-4H3. The zero-order valence-corrected chi connectivity index (χ0v) is 10.1. The highest BCUT2D eigenvalue weighted by atomic mass is 16.3. The van der Waals surface area contributed by atoms with Crippen LogP contribution in [0.2, 0.25) is 0 Å². The fourth-order valence-electron chi connectivity index (χ4n) is 1.89. The molecular formula is C12H25NO. The van der Waals surface area contributed by atoms with E-state index in [0.29, 0.717) is 5.41 Å². The summed E-state index contributed by atoms with van der Waals surface area (Å²) in [6, 6.07) is 0. The van der Waals surface area contributed by atoms with Crippen LogP contribution in [0.3, 0.4) is 0 Å². The Bertz CT molecular complexity index is 175. The Labute approximate surface area is 88.3 Å². The van der Waals surface area contributed by atoms with Gasteiger partial charge in [-0.25, -0.2) is 0 Å². The molecule has 1 saturated heterocycles. The lowest BCUT2D eigenvalue weighted by Crippen LogP contribution is -2.43. The number of aliphatic hydroxyl groups is 1. The van der Waals surface area contributed by atoms with Crippen LogP contribution < -0.4 is 0 Å². The van der Waals surface area contributed by atoms with Crippen LogP contribution in [-0.2, 0) is 0 Å². The third-order valence-corrected chi connectivity index (χ3v) is 3.26. The molecule has 1 aliphatic heterocycles. The largest absolute Gasteiger partial charge is 0.390 e. The molecule has 1 fully saturated rings. The molecule has 0 atom stereocenters. The van der Waals surface area contributed by atoms with E-state index >= 15 is 0 Å². The molecule has 84 valence electrons. The Morgan fingerprint density at radius 3 is 2.14 bits per heavy atom. The van der Waals surface area contributed by atoms with Crippen LogP contribution in [0.1, 0.15) is 46.5 Å². The molecule has 0 spiro atoms. The molecule has 1 aliphatic rings. The maximum atomic E-state index is 10.3. The second kappa shape index (κ2) is 4.19. The van der Waals surface area contributed by atoms with Crippen molar-refractivity contribution >= 4 is 0 Å². The second-order valence-corrected chi connectivity index (χ2v) is 6.09. The van der Waals surface area contributed by atoms with E-state index in [1.807, 2.05) is 0 Å². The van der Waals surface area contributed by atoms with Gasteiger partial charge in [-0.05, 0) is 38.1 Å². The average Bonchev–Trinajstić information content (AvgIpc) is 2.07. The van der Waals surface area contributed by atoms with Gasteiger partial charge in [0.25, 0.3) is 0 Å². The van der Waals surface area contributed by atoms with Crippen molar-refractivity contribution < 1.29 is 5.11 Å². The van der Waals surface area contributed by atoms with Crippen molar-refractivity contribution in [3.8, 4) is 0 Å². The van der Waals surface area contributed by atoms with Crippen LogP contribution in [0.25, 0.3) is 0 Å². The molecule has 14 heavy (non-hydrogen) atoms. The van der Waals surface area contributed by atoms with Gasteiger partial charge in [0.2, 0.25) is 0 Å². The van der Waals surface area contributed by atoms with Gasteiger partial charge >= 0.3 is 0 Å². The number of rotatable bonds is 2. The first-order valence-electron chi connectivity index (χ1n) is 5.72. The summed E-state index contributed by atoms with van der Waals surface area (Å²) in [5.41, 5.74) is -0.0289. The maximum Gasteiger partial charge on any atom is 0.0672 e. The normalized spacial score (nSPS) is 23.8. The Morgan fingerprint density at radius 1 is 1.21 bits per heavy atom. The molecule has 0 aromatic carbocycles. The molecular weight excluding hydrogens is 174 g/mol. The minimum atomic E-state index is -0.375. The van der Waals surface area contributed by atoms with Gasteiger partial charge in [-0.3, -0.25) is 0 Å². The fourth-order valence-corrected chi connectivity index (χ4v) is 1.89. The first kappa shape index (κ1) is 12.0. The van der Waals surface area contributed by atoms with Gasteiger partial charge in [0, 0.05) is 13.1 Å². The molecule has 0 amide bonds. The van der Waals surface area contributed by atoms with Crippen molar-refractivity contribution in [3.63, 3.8) is 0 Å². The lowest BCUT2D eigenvalue weighted by Gasteiger charge is -2.38. The molecule has 1 rings (SSSR count). The molecule has 0 aromatic rings. The Morgan fingerprint density at radius 2 is 1.71 bits per heavy atom. The van der Waals surface area contributed by atoms with Crippen LogP contribution in [0.15, 0.2) is 0 Å². The Kier molecular flexibility index (Phi) is 3.59. The van der Waals surface area contributed by atoms with Crippen molar-refractivity contribution in [2.75, 3.05) is 20.1 Å². The van der Waals surface area contributed by atoms with Crippen molar-refractivity contribution in [3.05, 3.63) is 0 Å². The van der Waals surface area contributed by atoms with E-state index in [1.54, 1.807) is 0 Å². The number of nitrogens with zero attached hydrogens (tertiary/aromatic N) is 1. The van der Waals surface area contributed by atoms with Crippen LogP contribution in [-0.4, -0.2) is 35.7 Å². The lowest BCUT2D eigenvalue weighted by molar-refractivity contribution is -0.0294. The minimum Gasteiger partial charge on any atom is -0.390 e. The fraction of sp³-hybridized carbons (Fsp3) is 1.00. The number of hydrogen-bond acceptors (Lipinski definition) is 2. The van der Waals surface area contributed by atoms with Gasteiger partial charge < -0.3 is 10.0 Å². The SMILES string of the molecule is CN1CCC(O)(CCC(C)(C)C)CC1. The van der Waals surface area contributed by atoms with Gasteiger partial charge in [0.05, 0.1) is 5.60 Å². The summed E-state index contributed by atoms with van der Waals surface area (Å²) < 4.78 is 0. The maximum absolute atomic E-state index is 10.3. The molecule has 0 saturated carbocycles. The third-order valence-electron chi connectivity index (χ3n) is 3.26. The predicted octanol–water partition coefficient (Wildman–Crippen LogP) is 2.27. The third kappa shape index (κ3) is 3.97. The van der Waals surface area contributed by atoms with Crippen molar-refractivity contribution in [2.45, 2.75) is 52.1 Å². The average molecular weight is 199 g/mol. The van der Waals surface area contributed by atoms with Gasteiger partial charge in [-0.15, -0.1) is 0 Å². The molecule has 2 heteroatoms. The van der Waals surface area contributed by atoms with E-state index in [4.69, 9.17) is 0 Å². The van der Waals surface area contributed by atoms with Gasteiger partial charge in [0.1, 0.15) is 0 Å². The number of hydrogen-bond donors (Lipinski definition) is 1. The topological polar surface area (TPSA) is 23.5 Å². The van der Waals surface area contributed by atoms with Gasteiger partial charge in [0.15, 0.2) is 0 Å². The van der Waals surface area contributed by atoms with Gasteiger partial charge in [-0.2, -0.15) is 0 Å². The summed E-state index contributed by atoms with van der Waals surface area (Å²) in [7, 11) is 2.13. The van der Waals surface area contributed by atoms with Gasteiger partial charge in [-0.1, -0.05) is 20.8 Å². The highest BCUT2D eigenvalue weighted by Crippen LogP contribution is 2.31. The highest BCUT2D eigenvalue weighted by molar-refractivity contribution is 4.86. The molecule has 2 nitrogen and oxygen atoms in total. The predicted molar refractivity (Wildman–Crippen MR) is 60.4 cm³/mol. The summed E-state index contributed by atoms with van der Waals surface area (Å²) in [6.45, 7) is 8.81. The zero-order chi connectivity index (χ0) is 10.8. The molecule has 0 unspecified atom stereocenters. The van der Waals surface area contributed by atoms with E-state index < -0.39 is 0 Å². The van der Waals surface area contributed by atoms with Crippen molar-refractivity contribution in [1.29, 1.82) is 0 Å². The van der Waals surface area contributed by atoms with Crippen LogP contribution in [0.5, 0.6) is 0 Å². The summed E-state index contributed by atoms with van der Waals surface area (Å²) >= 11 is 0. The Balaban J connectivity index is 2.36. The summed E-state index contributed by atoms with van der Waals surface area (Å²) in [5, 5.41) is 10.3. The molecule has 0 bridgehead atoms. The van der Waals surface area contributed by atoms with E-state index in [1.165, 1.54) is 0 Å². The lowest BCUT2D eigenvalue weighted by atomic mass is 9.80. The summed E-state index contributed by atoms with van der Waals surface area (Å²) in [4.78, 5) is 2.30. The molecule has 0 aliphatic carbocycles. The Hall–Kier alpha value is -0.0800. The van der Waals surface area contributed by atoms with Crippen LogP contribution in [0.4, 0.5) is 0 Å². The minimum absolute atomic E-state index is 0.346. The quantitative estimate of drug-likeness (QED) is 0.737. The summed E-state index contributed by atoms with van der Waals surface area (Å²) in [6.07, 6.45) is 3.97. The molecule has 0 aromatic heterocycles. The van der Waals surface area contributed by atoms with Crippen LogP contribution in [0, 0.1) is 5.41 Å². The van der Waals surface area contributed by atoms with E-state index in [0.717, 1.165) is 38.8 Å². The molecule has 0 radical (unpaired) electrons. The van der Waals surface area contributed by atoms with E-state index in [-0.39, 0.29) is 5.60 Å². The van der Waals surface area contributed by atoms with E-state index in [2.05, 4.69) is 32.7 Å². The van der Waals surface area contributed by atoms with E-state index in [9.17, 15) is 5.11 Å². The first-order chi connectivity index (χ1) is 6.31. The molecule has 1 heterocycles. The van der Waals surface area contributed by atoms with Crippen LogP contribution >= 0.6 is 0 Å². The number of likely N-dealkylation sites (tertiary alicyclic amines) is 1.